The van der Waals surface area contributed by atoms with Crippen LogP contribution in [0.15, 0.2) is 5.10 Å². The van der Waals surface area contributed by atoms with E-state index in [0.29, 0.717) is 6.42 Å². The third kappa shape index (κ3) is 15.2. The van der Waals surface area contributed by atoms with Crippen molar-refractivity contribution in [3.63, 3.8) is 0 Å². The number of nitrogens with one attached hydrogen (secondary N) is 1. The predicted octanol–water partition coefficient (Wildman–Crippen LogP) is 5.20. The van der Waals surface area contributed by atoms with Gasteiger partial charge in [-0.15, -0.1) is 0 Å². The maximum atomic E-state index is 11.5. The van der Waals surface area contributed by atoms with Gasteiger partial charge in [0.05, 0.1) is 0 Å². The van der Waals surface area contributed by atoms with Crippen LogP contribution in [0, 0.1) is 0 Å². The molecular weight excluding hydrogens is 248 g/mol. The Morgan fingerprint density at radius 3 is 2.05 bits per heavy atom. The molecule has 0 saturated heterocycles. The molecule has 0 aliphatic rings. The minimum atomic E-state index is 0.0587. The molecule has 0 bridgehead atoms. The quantitative estimate of drug-likeness (QED) is 0.265. The number of carbonyl (C=O) groups is 1. The summed E-state index contributed by atoms with van der Waals surface area (Å²) in [5.74, 6) is 0.0587. The van der Waals surface area contributed by atoms with Crippen molar-refractivity contribution in [2.45, 2.75) is 97.3 Å². The third-order valence-corrected chi connectivity index (χ3v) is 3.47. The van der Waals surface area contributed by atoms with E-state index in [4.69, 9.17) is 0 Å². The van der Waals surface area contributed by atoms with E-state index in [1.165, 1.54) is 57.8 Å². The summed E-state index contributed by atoms with van der Waals surface area (Å²) in [6.07, 6.45) is 17.1. The lowest BCUT2D eigenvalue weighted by Gasteiger charge is -2.01. The van der Waals surface area contributed by atoms with Gasteiger partial charge >= 0.3 is 0 Å². The molecule has 0 unspecified atom stereocenters. The van der Waals surface area contributed by atoms with E-state index in [9.17, 15) is 4.79 Å². The van der Waals surface area contributed by atoms with Crippen LogP contribution in [0.4, 0.5) is 0 Å². The maximum absolute atomic E-state index is 11.5. The number of carbonyl (C=O) groups excluding carboxylic acids is 1. The van der Waals surface area contributed by atoms with Gasteiger partial charge in [0.1, 0.15) is 0 Å². The molecule has 118 valence electrons. The van der Waals surface area contributed by atoms with Gasteiger partial charge < -0.3 is 0 Å². The fraction of sp³-hybridized carbons (Fsp3) is 0.882. The molecule has 0 aromatic carbocycles. The first-order valence-electron chi connectivity index (χ1n) is 8.61. The highest BCUT2D eigenvalue weighted by molar-refractivity contribution is 5.76. The monoisotopic (exact) mass is 282 g/mol. The van der Waals surface area contributed by atoms with Crippen LogP contribution in [0.1, 0.15) is 97.3 Å². The molecule has 0 aromatic heterocycles. The van der Waals surface area contributed by atoms with Crippen molar-refractivity contribution in [3.8, 4) is 0 Å². The van der Waals surface area contributed by atoms with Crippen LogP contribution >= 0.6 is 0 Å². The van der Waals surface area contributed by atoms with E-state index >= 15 is 0 Å². The molecule has 0 heterocycles. The standard InChI is InChI=1S/C17H34N2O/c1-3-5-7-9-10-11-13-15-17(20)19-18-16-14-12-8-6-4-2/h16H,3-15H2,1-2H3,(H,19,20)/b18-16+. The fourth-order valence-corrected chi connectivity index (χ4v) is 2.14. The largest absolute Gasteiger partial charge is 0.273 e. The molecule has 0 rings (SSSR count). The molecule has 0 aliphatic heterocycles. The second-order valence-corrected chi connectivity index (χ2v) is 5.57. The SMILES string of the molecule is CCCCCC/C=N/NC(=O)CCCCCCCCC. The summed E-state index contributed by atoms with van der Waals surface area (Å²) in [7, 11) is 0. The lowest BCUT2D eigenvalue weighted by atomic mass is 10.1. The molecule has 0 aliphatic carbocycles. The van der Waals surface area contributed by atoms with Gasteiger partial charge in [0.2, 0.25) is 5.91 Å². The van der Waals surface area contributed by atoms with E-state index < -0.39 is 0 Å². The van der Waals surface area contributed by atoms with Crippen molar-refractivity contribution in [3.05, 3.63) is 0 Å². The van der Waals surface area contributed by atoms with Gasteiger partial charge in [0, 0.05) is 12.6 Å². The van der Waals surface area contributed by atoms with Crippen LogP contribution < -0.4 is 5.43 Å². The van der Waals surface area contributed by atoms with Crippen LogP contribution in [0.2, 0.25) is 0 Å². The Morgan fingerprint density at radius 2 is 1.40 bits per heavy atom. The molecule has 3 heteroatoms. The van der Waals surface area contributed by atoms with Crippen LogP contribution in [0.3, 0.4) is 0 Å². The van der Waals surface area contributed by atoms with Crippen LogP contribution in [0.5, 0.6) is 0 Å². The molecule has 0 fully saturated rings. The number of amides is 1. The van der Waals surface area contributed by atoms with Crippen molar-refractivity contribution >= 4 is 12.1 Å². The Kier molecular flexibility index (Phi) is 15.5. The van der Waals surface area contributed by atoms with Crippen molar-refractivity contribution in [2.75, 3.05) is 0 Å². The van der Waals surface area contributed by atoms with Crippen molar-refractivity contribution in [1.82, 2.24) is 5.43 Å². The summed E-state index contributed by atoms with van der Waals surface area (Å²) in [6, 6.07) is 0. The van der Waals surface area contributed by atoms with E-state index in [1.54, 1.807) is 0 Å². The molecule has 0 saturated carbocycles. The number of hydrogen-bond donors (Lipinski definition) is 1. The molecule has 0 spiro atoms. The van der Waals surface area contributed by atoms with Gasteiger partial charge in [-0.3, -0.25) is 4.79 Å². The Balaban J connectivity index is 3.25. The van der Waals surface area contributed by atoms with Crippen LogP contribution in [-0.2, 0) is 4.79 Å². The lowest BCUT2D eigenvalue weighted by Crippen LogP contribution is -2.16. The van der Waals surface area contributed by atoms with Crippen molar-refractivity contribution < 1.29 is 4.79 Å². The summed E-state index contributed by atoms with van der Waals surface area (Å²) in [5.41, 5.74) is 2.62. The Labute approximate surface area is 125 Å². The van der Waals surface area contributed by atoms with Gasteiger partial charge in [0.25, 0.3) is 0 Å². The zero-order chi connectivity index (χ0) is 14.9. The number of unbranched alkanes of at least 4 members (excludes halogenated alkanes) is 10. The Hall–Kier alpha value is -0.860. The average molecular weight is 282 g/mol. The molecule has 0 radical (unpaired) electrons. The number of nitrogens with zero attached hydrogens (tertiary/aromatic N) is 1. The van der Waals surface area contributed by atoms with E-state index in [1.807, 2.05) is 6.21 Å². The van der Waals surface area contributed by atoms with Gasteiger partial charge in [-0.25, -0.2) is 5.43 Å². The van der Waals surface area contributed by atoms with Crippen molar-refractivity contribution in [1.29, 1.82) is 0 Å². The van der Waals surface area contributed by atoms with Gasteiger partial charge in [-0.1, -0.05) is 71.6 Å². The summed E-state index contributed by atoms with van der Waals surface area (Å²) in [6.45, 7) is 4.44. The molecular formula is C17H34N2O. The Morgan fingerprint density at radius 1 is 0.850 bits per heavy atom. The Bertz CT molecular complexity index is 239. The smallest absolute Gasteiger partial charge is 0.240 e. The summed E-state index contributed by atoms with van der Waals surface area (Å²) < 4.78 is 0. The summed E-state index contributed by atoms with van der Waals surface area (Å²) >= 11 is 0. The minimum Gasteiger partial charge on any atom is -0.273 e. The topological polar surface area (TPSA) is 41.5 Å². The number of rotatable bonds is 14. The van der Waals surface area contributed by atoms with Crippen LogP contribution in [-0.4, -0.2) is 12.1 Å². The summed E-state index contributed by atoms with van der Waals surface area (Å²) in [4.78, 5) is 11.5. The van der Waals surface area contributed by atoms with Gasteiger partial charge in [0.15, 0.2) is 0 Å². The number of hydrazone groups is 1. The maximum Gasteiger partial charge on any atom is 0.240 e. The predicted molar refractivity (Wildman–Crippen MR) is 88.0 cm³/mol. The molecule has 1 N–H and O–H groups in total. The molecule has 3 nitrogen and oxygen atoms in total. The molecule has 1 amide bonds. The molecule has 0 aromatic rings. The lowest BCUT2D eigenvalue weighted by molar-refractivity contribution is -0.121. The first-order valence-corrected chi connectivity index (χ1v) is 8.61. The van der Waals surface area contributed by atoms with Crippen molar-refractivity contribution in [2.24, 2.45) is 5.10 Å². The second-order valence-electron chi connectivity index (χ2n) is 5.57. The third-order valence-electron chi connectivity index (χ3n) is 3.47. The zero-order valence-electron chi connectivity index (χ0n) is 13.6. The highest BCUT2D eigenvalue weighted by Gasteiger charge is 1.98. The second kappa shape index (κ2) is 16.2. The molecule has 20 heavy (non-hydrogen) atoms. The summed E-state index contributed by atoms with van der Waals surface area (Å²) in [5, 5.41) is 3.98. The first kappa shape index (κ1) is 19.1. The molecule has 0 atom stereocenters. The number of hydrogen-bond acceptors (Lipinski definition) is 2. The van der Waals surface area contributed by atoms with Crippen LogP contribution in [0.25, 0.3) is 0 Å². The van der Waals surface area contributed by atoms with E-state index in [-0.39, 0.29) is 5.91 Å². The highest BCUT2D eigenvalue weighted by atomic mass is 16.2. The average Bonchev–Trinajstić information content (AvgIpc) is 2.45. The van der Waals surface area contributed by atoms with Gasteiger partial charge in [-0.05, 0) is 19.3 Å². The highest BCUT2D eigenvalue weighted by Crippen LogP contribution is 2.08. The fourth-order valence-electron chi connectivity index (χ4n) is 2.14. The van der Waals surface area contributed by atoms with Gasteiger partial charge in [-0.2, -0.15) is 5.10 Å². The van der Waals surface area contributed by atoms with E-state index in [0.717, 1.165) is 19.3 Å². The first-order chi connectivity index (χ1) is 9.81. The van der Waals surface area contributed by atoms with E-state index in [2.05, 4.69) is 24.4 Å². The minimum absolute atomic E-state index is 0.0587. The zero-order valence-corrected chi connectivity index (χ0v) is 13.6. The normalized spacial score (nSPS) is 11.1.